The Bertz CT molecular complexity index is 402. The van der Waals surface area contributed by atoms with Crippen LogP contribution in [0.15, 0.2) is 12.4 Å². The Morgan fingerprint density at radius 1 is 1.44 bits per heavy atom. The van der Waals surface area contributed by atoms with Crippen LogP contribution in [0.1, 0.15) is 11.6 Å². The monoisotopic (exact) mass is 252 g/mol. The molecule has 1 unspecified atom stereocenters. The van der Waals surface area contributed by atoms with Gasteiger partial charge in [0.05, 0.1) is 25.5 Å². The maximum Gasteiger partial charge on any atom is 0.279 e. The van der Waals surface area contributed by atoms with Crippen LogP contribution < -0.4 is 5.32 Å². The largest absolute Gasteiger partial charge is 0.342 e. The molecule has 1 amide bonds. The first-order valence-corrected chi connectivity index (χ1v) is 6.08. The number of amides is 1. The molecule has 2 N–H and O–H groups in total. The van der Waals surface area contributed by atoms with Crippen molar-refractivity contribution in [1.29, 1.82) is 0 Å². The minimum absolute atomic E-state index is 0.0810. The lowest BCUT2D eigenvalue weighted by Crippen LogP contribution is -2.51. The predicted molar refractivity (Wildman–Crippen MR) is 61.6 cm³/mol. The molecule has 1 aromatic rings. The van der Waals surface area contributed by atoms with Crippen molar-refractivity contribution in [2.75, 3.05) is 32.8 Å². The second-order valence-corrected chi connectivity index (χ2v) is 4.40. The van der Waals surface area contributed by atoms with Gasteiger partial charge in [-0.05, 0) is 0 Å². The van der Waals surface area contributed by atoms with Crippen molar-refractivity contribution in [1.82, 2.24) is 20.4 Å². The van der Waals surface area contributed by atoms with Gasteiger partial charge in [0.1, 0.15) is 0 Å². The molecule has 18 heavy (non-hydrogen) atoms. The highest BCUT2D eigenvalue weighted by molar-refractivity contribution is 5.80. The summed E-state index contributed by atoms with van der Waals surface area (Å²) >= 11 is 0. The van der Waals surface area contributed by atoms with E-state index in [2.05, 4.69) is 15.5 Å². The minimum Gasteiger partial charge on any atom is -0.342 e. The number of nitrogens with zero attached hydrogens (tertiary/aromatic N) is 2. The lowest BCUT2D eigenvalue weighted by molar-refractivity contribution is -0.159. The van der Waals surface area contributed by atoms with Crippen LogP contribution in [-0.4, -0.2) is 60.1 Å². The lowest BCUT2D eigenvalue weighted by Gasteiger charge is -2.34. The van der Waals surface area contributed by atoms with Crippen LogP contribution in [0.2, 0.25) is 0 Å². The third-order valence-corrected chi connectivity index (χ3v) is 3.23. The van der Waals surface area contributed by atoms with Crippen molar-refractivity contribution in [3.05, 3.63) is 18.0 Å². The Balaban J connectivity index is 1.64. The molecule has 1 aromatic heterocycles. The quantitative estimate of drug-likeness (QED) is 0.724. The zero-order chi connectivity index (χ0) is 12.4. The molecule has 0 radical (unpaired) electrons. The van der Waals surface area contributed by atoms with E-state index >= 15 is 0 Å². The Hall–Kier alpha value is -1.44. The van der Waals surface area contributed by atoms with Gasteiger partial charge >= 0.3 is 0 Å². The fourth-order valence-electron chi connectivity index (χ4n) is 2.27. The molecule has 0 spiro atoms. The molecule has 0 saturated carbocycles. The van der Waals surface area contributed by atoms with Crippen molar-refractivity contribution in [2.24, 2.45) is 0 Å². The van der Waals surface area contributed by atoms with Gasteiger partial charge in [-0.1, -0.05) is 0 Å². The second kappa shape index (κ2) is 5.05. The zero-order valence-electron chi connectivity index (χ0n) is 9.96. The van der Waals surface area contributed by atoms with E-state index in [-0.39, 0.29) is 11.9 Å². The maximum absolute atomic E-state index is 12.1. The molecule has 3 rings (SSSR count). The first-order chi connectivity index (χ1) is 8.84. The van der Waals surface area contributed by atoms with Crippen LogP contribution in [0, 0.1) is 0 Å². The molecular weight excluding hydrogens is 236 g/mol. The average molecular weight is 252 g/mol. The number of ether oxygens (including phenoxy) is 2. The molecule has 7 heteroatoms. The van der Waals surface area contributed by atoms with E-state index in [1.807, 2.05) is 6.20 Å². The number of aromatic amines is 1. The van der Waals surface area contributed by atoms with Gasteiger partial charge in [0.2, 0.25) is 6.29 Å². The third kappa shape index (κ3) is 2.24. The van der Waals surface area contributed by atoms with Gasteiger partial charge in [-0.3, -0.25) is 9.89 Å². The van der Waals surface area contributed by atoms with Crippen molar-refractivity contribution in [3.63, 3.8) is 0 Å². The molecule has 0 aliphatic carbocycles. The fraction of sp³-hybridized carbons (Fsp3) is 0.636. The van der Waals surface area contributed by atoms with Gasteiger partial charge in [0, 0.05) is 31.4 Å². The summed E-state index contributed by atoms with van der Waals surface area (Å²) in [5.74, 6) is -0.0810. The standard InChI is InChI=1S/C11H16N4O3/c16-10(11-17-3-4-18-11)15-2-1-12-9(7-15)8-5-13-14-6-8/h5-6,9,11-12H,1-4,7H2,(H,13,14). The van der Waals surface area contributed by atoms with Crippen LogP contribution in [0.5, 0.6) is 0 Å². The van der Waals surface area contributed by atoms with Gasteiger partial charge in [-0.2, -0.15) is 5.10 Å². The Labute approximate surface area is 104 Å². The fourth-order valence-corrected chi connectivity index (χ4v) is 2.27. The van der Waals surface area contributed by atoms with E-state index in [9.17, 15) is 4.79 Å². The third-order valence-electron chi connectivity index (χ3n) is 3.23. The van der Waals surface area contributed by atoms with Crippen LogP contribution in [0.4, 0.5) is 0 Å². The molecule has 2 aliphatic heterocycles. The van der Waals surface area contributed by atoms with Gasteiger partial charge in [-0.15, -0.1) is 0 Å². The van der Waals surface area contributed by atoms with E-state index in [0.29, 0.717) is 26.3 Å². The molecule has 3 heterocycles. The van der Waals surface area contributed by atoms with E-state index in [0.717, 1.165) is 12.1 Å². The van der Waals surface area contributed by atoms with Gasteiger partial charge in [0.25, 0.3) is 5.91 Å². The first-order valence-electron chi connectivity index (χ1n) is 6.08. The van der Waals surface area contributed by atoms with Gasteiger partial charge in [-0.25, -0.2) is 0 Å². The van der Waals surface area contributed by atoms with Crippen LogP contribution >= 0.6 is 0 Å². The molecule has 2 aliphatic rings. The Kier molecular flexibility index (Phi) is 3.26. The van der Waals surface area contributed by atoms with Crippen molar-refractivity contribution in [2.45, 2.75) is 12.3 Å². The highest BCUT2D eigenvalue weighted by Crippen LogP contribution is 2.17. The molecule has 98 valence electrons. The van der Waals surface area contributed by atoms with E-state index < -0.39 is 6.29 Å². The number of piperazine rings is 1. The molecule has 2 saturated heterocycles. The van der Waals surface area contributed by atoms with E-state index in [1.165, 1.54) is 0 Å². The molecule has 0 bridgehead atoms. The SMILES string of the molecule is O=C(C1OCCO1)N1CCNC(c2cn[nH]c2)C1. The summed E-state index contributed by atoms with van der Waals surface area (Å²) in [5.41, 5.74) is 1.06. The smallest absolute Gasteiger partial charge is 0.279 e. The van der Waals surface area contributed by atoms with Gasteiger partial charge in [0.15, 0.2) is 0 Å². The Morgan fingerprint density at radius 3 is 3.00 bits per heavy atom. The number of nitrogens with one attached hydrogen (secondary N) is 2. The highest BCUT2D eigenvalue weighted by Gasteiger charge is 2.32. The van der Waals surface area contributed by atoms with Crippen LogP contribution in [0.25, 0.3) is 0 Å². The number of hydrogen-bond acceptors (Lipinski definition) is 5. The number of H-pyrrole nitrogens is 1. The number of rotatable bonds is 2. The summed E-state index contributed by atoms with van der Waals surface area (Å²) < 4.78 is 10.5. The summed E-state index contributed by atoms with van der Waals surface area (Å²) in [6.45, 7) is 3.04. The predicted octanol–water partition coefficient (Wildman–Crippen LogP) is -0.744. The molecule has 7 nitrogen and oxygen atoms in total. The summed E-state index contributed by atoms with van der Waals surface area (Å²) in [6.07, 6.45) is 2.90. The molecule has 1 atom stereocenters. The lowest BCUT2D eigenvalue weighted by atomic mass is 10.1. The number of carbonyl (C=O) groups excluding carboxylic acids is 1. The van der Waals surface area contributed by atoms with E-state index in [4.69, 9.17) is 9.47 Å². The summed E-state index contributed by atoms with van der Waals surface area (Å²) in [5, 5.41) is 10.1. The first kappa shape index (κ1) is 11.6. The summed E-state index contributed by atoms with van der Waals surface area (Å²) in [7, 11) is 0. The molecule has 0 aromatic carbocycles. The van der Waals surface area contributed by atoms with E-state index in [1.54, 1.807) is 11.1 Å². The number of hydrogen-bond donors (Lipinski definition) is 2. The van der Waals surface area contributed by atoms with Crippen LogP contribution in [0.3, 0.4) is 0 Å². The average Bonchev–Trinajstić information content (AvgIpc) is 3.11. The van der Waals surface area contributed by atoms with Crippen molar-refractivity contribution >= 4 is 5.91 Å². The topological polar surface area (TPSA) is 79.5 Å². The minimum atomic E-state index is -0.715. The molecular formula is C11H16N4O3. The normalized spacial score (nSPS) is 25.6. The Morgan fingerprint density at radius 2 is 2.28 bits per heavy atom. The van der Waals surface area contributed by atoms with Crippen molar-refractivity contribution in [3.8, 4) is 0 Å². The van der Waals surface area contributed by atoms with Gasteiger partial charge < -0.3 is 19.7 Å². The maximum atomic E-state index is 12.1. The number of carbonyl (C=O) groups is 1. The number of aromatic nitrogens is 2. The second-order valence-electron chi connectivity index (χ2n) is 4.40. The van der Waals surface area contributed by atoms with Crippen molar-refractivity contribution < 1.29 is 14.3 Å². The van der Waals surface area contributed by atoms with Crippen LogP contribution in [-0.2, 0) is 14.3 Å². The summed E-state index contributed by atoms with van der Waals surface area (Å²) in [4.78, 5) is 13.9. The zero-order valence-corrected chi connectivity index (χ0v) is 9.96. The highest BCUT2D eigenvalue weighted by atomic mass is 16.7. The summed E-state index contributed by atoms with van der Waals surface area (Å²) in [6, 6.07) is 0.114. The molecule has 2 fully saturated rings.